The lowest BCUT2D eigenvalue weighted by atomic mass is 9.62. The second-order valence-corrected chi connectivity index (χ2v) is 5.85. The number of aromatic nitrogens is 2. The molecule has 0 aromatic carbocycles. The smallest absolute Gasteiger partial charge is 0.233 e. The molecule has 0 radical (unpaired) electrons. The van der Waals surface area contributed by atoms with E-state index in [1.54, 1.807) is 10.9 Å². The number of hydrogen-bond acceptors (Lipinski definition) is 3. The largest absolute Gasteiger partial charge is 0.392 e. The van der Waals surface area contributed by atoms with Crippen LogP contribution in [0.5, 0.6) is 0 Å². The Balaban J connectivity index is 1.87. The van der Waals surface area contributed by atoms with Crippen molar-refractivity contribution in [1.82, 2.24) is 15.1 Å². The average Bonchev–Trinajstić information content (AvgIpc) is 2.70. The molecule has 0 bridgehead atoms. The summed E-state index contributed by atoms with van der Waals surface area (Å²) in [6.45, 7) is 2.69. The van der Waals surface area contributed by atoms with E-state index >= 15 is 0 Å². The third-order valence-corrected chi connectivity index (χ3v) is 4.28. The first-order chi connectivity index (χ1) is 8.95. The van der Waals surface area contributed by atoms with E-state index in [1.807, 2.05) is 13.1 Å². The molecule has 1 amide bonds. The quantitative estimate of drug-likeness (QED) is 0.782. The third-order valence-electron chi connectivity index (χ3n) is 3.89. The van der Waals surface area contributed by atoms with Crippen molar-refractivity contribution in [2.45, 2.75) is 26.2 Å². The lowest BCUT2D eigenvalue weighted by molar-refractivity contribution is -0.132. The molecule has 19 heavy (non-hydrogen) atoms. The van der Waals surface area contributed by atoms with E-state index < -0.39 is 5.41 Å². The van der Waals surface area contributed by atoms with Gasteiger partial charge in [-0.05, 0) is 24.8 Å². The second-order valence-electron chi connectivity index (χ2n) is 5.41. The lowest BCUT2D eigenvalue weighted by Crippen LogP contribution is -2.56. The van der Waals surface area contributed by atoms with Crippen LogP contribution in [0.4, 0.5) is 0 Å². The fourth-order valence-corrected chi connectivity index (χ4v) is 3.01. The van der Waals surface area contributed by atoms with E-state index in [4.69, 9.17) is 18.0 Å². The Morgan fingerprint density at radius 3 is 2.84 bits per heavy atom. The zero-order valence-electron chi connectivity index (χ0n) is 11.3. The fourth-order valence-electron chi connectivity index (χ4n) is 2.75. The fraction of sp³-hybridized carbons (Fsp3) is 0.615. The van der Waals surface area contributed by atoms with E-state index in [1.165, 1.54) is 0 Å². The second kappa shape index (κ2) is 5.28. The summed E-state index contributed by atoms with van der Waals surface area (Å²) in [7, 11) is 1.89. The van der Waals surface area contributed by atoms with Crippen LogP contribution in [0.25, 0.3) is 0 Å². The highest BCUT2D eigenvalue weighted by Gasteiger charge is 2.50. The van der Waals surface area contributed by atoms with Crippen molar-refractivity contribution in [2.24, 2.45) is 24.1 Å². The summed E-state index contributed by atoms with van der Waals surface area (Å²) >= 11 is 5.06. The van der Waals surface area contributed by atoms with Crippen LogP contribution in [0.3, 0.4) is 0 Å². The Kier molecular flexibility index (Phi) is 3.89. The number of amides is 1. The molecular formula is C13H20N4OS. The van der Waals surface area contributed by atoms with Crippen molar-refractivity contribution < 1.29 is 4.79 Å². The summed E-state index contributed by atoms with van der Waals surface area (Å²) in [5.74, 6) is 0.490. The molecule has 0 atom stereocenters. The van der Waals surface area contributed by atoms with Crippen LogP contribution in [0.15, 0.2) is 12.3 Å². The minimum Gasteiger partial charge on any atom is -0.392 e. The number of aryl methyl sites for hydroxylation is 1. The number of thiocarbonyl (C=S) groups is 1. The summed E-state index contributed by atoms with van der Waals surface area (Å²) in [4.78, 5) is 12.6. The maximum absolute atomic E-state index is 12.2. The monoisotopic (exact) mass is 280 g/mol. The Hall–Kier alpha value is -1.43. The molecule has 2 rings (SSSR count). The molecule has 1 saturated carbocycles. The maximum Gasteiger partial charge on any atom is 0.233 e. The molecule has 5 nitrogen and oxygen atoms in total. The summed E-state index contributed by atoms with van der Waals surface area (Å²) in [5, 5.41) is 7.04. The molecule has 1 aliphatic carbocycles. The SMILES string of the molecule is CC1CC(C(=O)NCCc2ccnn2C)(C(N)=S)C1. The predicted molar refractivity (Wildman–Crippen MR) is 77.5 cm³/mol. The summed E-state index contributed by atoms with van der Waals surface area (Å²) < 4.78 is 1.81. The number of rotatable bonds is 5. The van der Waals surface area contributed by atoms with E-state index in [2.05, 4.69) is 17.3 Å². The number of nitrogens with two attached hydrogens (primary N) is 1. The van der Waals surface area contributed by atoms with Crippen molar-refractivity contribution in [3.05, 3.63) is 18.0 Å². The predicted octanol–water partition coefficient (Wildman–Crippen LogP) is 0.781. The number of nitrogens with one attached hydrogen (secondary N) is 1. The van der Waals surface area contributed by atoms with Crippen LogP contribution in [-0.2, 0) is 18.3 Å². The molecule has 1 aromatic heterocycles. The zero-order chi connectivity index (χ0) is 14.0. The summed E-state index contributed by atoms with van der Waals surface area (Å²) in [6.07, 6.45) is 4.03. The highest BCUT2D eigenvalue weighted by Crippen LogP contribution is 2.45. The molecule has 1 aliphatic rings. The van der Waals surface area contributed by atoms with Crippen molar-refractivity contribution in [2.75, 3.05) is 6.54 Å². The van der Waals surface area contributed by atoms with Gasteiger partial charge in [0.05, 0.1) is 10.4 Å². The van der Waals surface area contributed by atoms with Gasteiger partial charge in [0.25, 0.3) is 0 Å². The topological polar surface area (TPSA) is 72.9 Å². The molecule has 6 heteroatoms. The van der Waals surface area contributed by atoms with Crippen molar-refractivity contribution in [3.8, 4) is 0 Å². The van der Waals surface area contributed by atoms with Gasteiger partial charge in [0, 0.05) is 31.9 Å². The normalized spacial score (nSPS) is 25.7. The van der Waals surface area contributed by atoms with Gasteiger partial charge in [0.1, 0.15) is 0 Å². The van der Waals surface area contributed by atoms with Gasteiger partial charge in [-0.2, -0.15) is 5.10 Å². The zero-order valence-corrected chi connectivity index (χ0v) is 12.2. The van der Waals surface area contributed by atoms with E-state index in [0.29, 0.717) is 17.5 Å². The molecule has 104 valence electrons. The Morgan fingerprint density at radius 2 is 2.37 bits per heavy atom. The third kappa shape index (κ3) is 2.63. The van der Waals surface area contributed by atoms with E-state index in [0.717, 1.165) is 25.0 Å². The molecule has 0 saturated heterocycles. The van der Waals surface area contributed by atoms with Crippen molar-refractivity contribution in [3.63, 3.8) is 0 Å². The van der Waals surface area contributed by atoms with Crippen LogP contribution in [0, 0.1) is 11.3 Å². The first kappa shape index (κ1) is 14.0. The first-order valence-corrected chi connectivity index (χ1v) is 6.91. The molecule has 1 heterocycles. The average molecular weight is 280 g/mol. The van der Waals surface area contributed by atoms with Crippen LogP contribution >= 0.6 is 12.2 Å². The highest BCUT2D eigenvalue weighted by molar-refractivity contribution is 7.80. The van der Waals surface area contributed by atoms with Crippen molar-refractivity contribution in [1.29, 1.82) is 0 Å². The molecule has 3 N–H and O–H groups in total. The highest BCUT2D eigenvalue weighted by atomic mass is 32.1. The van der Waals surface area contributed by atoms with Crippen LogP contribution in [0.2, 0.25) is 0 Å². The first-order valence-electron chi connectivity index (χ1n) is 6.51. The summed E-state index contributed by atoms with van der Waals surface area (Å²) in [6, 6.07) is 1.95. The molecule has 1 aromatic rings. The van der Waals surface area contributed by atoms with Gasteiger partial charge in [-0.25, -0.2) is 0 Å². The van der Waals surface area contributed by atoms with Gasteiger partial charge in [-0.15, -0.1) is 0 Å². The van der Waals surface area contributed by atoms with Crippen LogP contribution in [0.1, 0.15) is 25.5 Å². The van der Waals surface area contributed by atoms with Crippen LogP contribution in [-0.4, -0.2) is 27.2 Å². The van der Waals surface area contributed by atoms with Gasteiger partial charge in [0.15, 0.2) is 0 Å². The minimum absolute atomic E-state index is 0.0275. The Labute approximate surface area is 118 Å². The van der Waals surface area contributed by atoms with Gasteiger partial charge in [-0.3, -0.25) is 9.48 Å². The molecule has 0 unspecified atom stereocenters. The Bertz CT molecular complexity index is 491. The van der Waals surface area contributed by atoms with Crippen LogP contribution < -0.4 is 11.1 Å². The van der Waals surface area contributed by atoms with E-state index in [-0.39, 0.29) is 5.91 Å². The number of nitrogens with zero attached hydrogens (tertiary/aromatic N) is 2. The van der Waals surface area contributed by atoms with Gasteiger partial charge in [-0.1, -0.05) is 19.1 Å². The van der Waals surface area contributed by atoms with Gasteiger partial charge >= 0.3 is 0 Å². The Morgan fingerprint density at radius 1 is 1.68 bits per heavy atom. The van der Waals surface area contributed by atoms with Crippen molar-refractivity contribution >= 4 is 23.1 Å². The molecule has 0 aliphatic heterocycles. The minimum atomic E-state index is -0.610. The van der Waals surface area contributed by atoms with E-state index in [9.17, 15) is 4.79 Å². The number of carbonyl (C=O) groups is 1. The number of carbonyl (C=O) groups excluding carboxylic acids is 1. The lowest BCUT2D eigenvalue weighted by Gasteiger charge is -2.44. The molecular weight excluding hydrogens is 260 g/mol. The van der Waals surface area contributed by atoms with Gasteiger partial charge in [0.2, 0.25) is 5.91 Å². The molecule has 0 spiro atoms. The summed E-state index contributed by atoms with van der Waals surface area (Å²) in [5.41, 5.74) is 6.22. The standard InChI is InChI=1S/C13H20N4OS/c1-9-7-13(8-9,11(14)19)12(18)15-5-3-10-4-6-16-17(10)2/h4,6,9H,3,5,7-8H2,1-2H3,(H2,14,19)(H,15,18). The molecule has 1 fully saturated rings. The maximum atomic E-state index is 12.2. The van der Waals surface area contributed by atoms with Gasteiger partial charge < -0.3 is 11.1 Å². The number of hydrogen-bond donors (Lipinski definition) is 2.